The molecular formula is C24H29ClN8O2S. The predicted molar refractivity (Wildman–Crippen MR) is 138 cm³/mol. The Morgan fingerprint density at radius 1 is 1.25 bits per heavy atom. The number of imidazole rings is 1. The van der Waals surface area contributed by atoms with Gasteiger partial charge in [0.25, 0.3) is 5.91 Å². The molecule has 1 fully saturated rings. The van der Waals surface area contributed by atoms with Crippen molar-refractivity contribution in [3.63, 3.8) is 0 Å². The van der Waals surface area contributed by atoms with Gasteiger partial charge in [0.05, 0.1) is 30.2 Å². The van der Waals surface area contributed by atoms with Crippen LogP contribution in [0.15, 0.2) is 24.7 Å². The van der Waals surface area contributed by atoms with Gasteiger partial charge in [-0.05, 0) is 38.5 Å². The molecule has 1 aliphatic rings. The highest BCUT2D eigenvalue weighted by Gasteiger charge is 2.29. The van der Waals surface area contributed by atoms with Crippen LogP contribution >= 0.6 is 22.9 Å². The van der Waals surface area contributed by atoms with Crippen molar-refractivity contribution < 1.29 is 9.90 Å². The minimum atomic E-state index is -0.708. The van der Waals surface area contributed by atoms with Crippen molar-refractivity contribution in [2.45, 2.75) is 71.1 Å². The monoisotopic (exact) mass is 528 g/mol. The average molecular weight is 529 g/mol. The number of aliphatic hydroxyl groups is 1. The first-order valence-corrected chi connectivity index (χ1v) is 13.4. The smallest absolute Gasteiger partial charge is 0.280 e. The Bertz CT molecular complexity index is 1380. The third kappa shape index (κ3) is 5.14. The van der Waals surface area contributed by atoms with E-state index in [0.29, 0.717) is 26.8 Å². The van der Waals surface area contributed by atoms with Crippen LogP contribution in [0.2, 0.25) is 4.34 Å². The number of pyridine rings is 1. The molecule has 0 spiro atoms. The quantitative estimate of drug-likeness (QED) is 0.366. The van der Waals surface area contributed by atoms with Gasteiger partial charge in [-0.2, -0.15) is 5.10 Å². The molecule has 0 saturated heterocycles. The third-order valence-electron chi connectivity index (χ3n) is 6.39. The lowest BCUT2D eigenvalue weighted by Gasteiger charge is -2.32. The number of carbonyl (C=O) groups is 1. The zero-order valence-corrected chi connectivity index (χ0v) is 22.0. The second-order valence-corrected chi connectivity index (χ2v) is 11.4. The fraction of sp³-hybridized carbons (Fsp3) is 0.500. The van der Waals surface area contributed by atoms with Crippen LogP contribution in [0.3, 0.4) is 0 Å². The topological polar surface area (TPSA) is 124 Å². The van der Waals surface area contributed by atoms with E-state index in [9.17, 15) is 9.90 Å². The van der Waals surface area contributed by atoms with Crippen LogP contribution in [0.4, 0.5) is 0 Å². The van der Waals surface area contributed by atoms with Crippen molar-refractivity contribution in [1.29, 1.82) is 0 Å². The van der Waals surface area contributed by atoms with Gasteiger partial charge in [-0.1, -0.05) is 36.8 Å². The van der Waals surface area contributed by atoms with Crippen LogP contribution in [0, 0.1) is 5.92 Å². The first-order chi connectivity index (χ1) is 17.3. The van der Waals surface area contributed by atoms with E-state index in [-0.39, 0.29) is 18.0 Å². The Kier molecular flexibility index (Phi) is 7.05. The molecule has 0 aliphatic heterocycles. The molecule has 3 atom stereocenters. The second-order valence-electron chi connectivity index (χ2n) is 9.72. The van der Waals surface area contributed by atoms with Crippen LogP contribution in [-0.2, 0) is 6.42 Å². The van der Waals surface area contributed by atoms with Crippen molar-refractivity contribution in [3.8, 4) is 5.82 Å². The van der Waals surface area contributed by atoms with Gasteiger partial charge in [0, 0.05) is 24.6 Å². The van der Waals surface area contributed by atoms with Crippen LogP contribution in [-0.4, -0.2) is 51.6 Å². The van der Waals surface area contributed by atoms with Crippen molar-refractivity contribution >= 4 is 39.9 Å². The number of halogens is 1. The Morgan fingerprint density at radius 2 is 2.08 bits per heavy atom. The molecule has 0 bridgehead atoms. The SMILES string of the molecule is CC(C)Cc1nc2cnc(-n3ncc(C(C)O)n3)cc2n1[C@@H]1CCC[C@H](NC(=O)c2ncc(Cl)s2)C1. The van der Waals surface area contributed by atoms with Crippen molar-refractivity contribution in [3.05, 3.63) is 45.5 Å². The highest BCUT2D eigenvalue weighted by molar-refractivity contribution is 7.17. The van der Waals surface area contributed by atoms with Gasteiger partial charge in [0.15, 0.2) is 10.8 Å². The second kappa shape index (κ2) is 10.2. The lowest BCUT2D eigenvalue weighted by Crippen LogP contribution is -2.39. The first kappa shape index (κ1) is 24.8. The van der Waals surface area contributed by atoms with Crippen molar-refractivity contribution in [2.75, 3.05) is 0 Å². The highest BCUT2D eigenvalue weighted by atomic mass is 35.5. The maximum atomic E-state index is 12.7. The number of rotatable bonds is 7. The largest absolute Gasteiger partial charge is 0.387 e. The Balaban J connectivity index is 1.46. The van der Waals surface area contributed by atoms with Gasteiger partial charge >= 0.3 is 0 Å². The lowest BCUT2D eigenvalue weighted by molar-refractivity contribution is 0.0920. The van der Waals surface area contributed by atoms with E-state index >= 15 is 0 Å². The van der Waals surface area contributed by atoms with Crippen LogP contribution in [0.5, 0.6) is 0 Å². The van der Waals surface area contributed by atoms with Gasteiger partial charge in [-0.25, -0.2) is 15.0 Å². The maximum absolute atomic E-state index is 12.7. The molecule has 36 heavy (non-hydrogen) atoms. The highest BCUT2D eigenvalue weighted by Crippen LogP contribution is 2.34. The number of fused-ring (bicyclic) bond motifs is 1. The number of carbonyl (C=O) groups excluding carboxylic acids is 1. The van der Waals surface area contributed by atoms with Crippen molar-refractivity contribution in [1.82, 2.24) is 39.8 Å². The van der Waals surface area contributed by atoms with Crippen LogP contribution in [0.1, 0.15) is 79.9 Å². The summed E-state index contributed by atoms with van der Waals surface area (Å²) in [5.41, 5.74) is 2.27. The minimum Gasteiger partial charge on any atom is -0.387 e. The number of nitrogens with one attached hydrogen (secondary N) is 1. The summed E-state index contributed by atoms with van der Waals surface area (Å²) in [6, 6.07) is 2.17. The van der Waals surface area contributed by atoms with E-state index in [1.807, 2.05) is 6.07 Å². The fourth-order valence-electron chi connectivity index (χ4n) is 4.78. The summed E-state index contributed by atoms with van der Waals surface area (Å²) in [5.74, 6) is 1.83. The van der Waals surface area contributed by atoms with Gasteiger partial charge in [-0.15, -0.1) is 9.90 Å². The summed E-state index contributed by atoms with van der Waals surface area (Å²) in [5, 5.41) is 22.0. The maximum Gasteiger partial charge on any atom is 0.280 e. The zero-order valence-electron chi connectivity index (χ0n) is 20.4. The molecule has 0 radical (unpaired) electrons. The number of hydrogen-bond donors (Lipinski definition) is 2. The Morgan fingerprint density at radius 3 is 2.78 bits per heavy atom. The molecule has 4 aromatic rings. The first-order valence-electron chi connectivity index (χ1n) is 12.2. The molecule has 4 heterocycles. The third-order valence-corrected chi connectivity index (χ3v) is 7.50. The van der Waals surface area contributed by atoms with E-state index in [0.717, 1.165) is 49.0 Å². The van der Waals surface area contributed by atoms with Crippen LogP contribution < -0.4 is 5.32 Å². The van der Waals surface area contributed by atoms with E-state index < -0.39 is 6.10 Å². The van der Waals surface area contributed by atoms with E-state index in [2.05, 4.69) is 43.9 Å². The van der Waals surface area contributed by atoms with E-state index in [4.69, 9.17) is 16.6 Å². The molecule has 2 N–H and O–H groups in total. The Hall–Kier alpha value is -2.89. The van der Waals surface area contributed by atoms with Gasteiger partial charge in [-0.3, -0.25) is 4.79 Å². The summed E-state index contributed by atoms with van der Waals surface area (Å²) in [4.78, 5) is 27.7. The average Bonchev–Trinajstić information content (AvgIpc) is 3.56. The molecule has 4 aromatic heterocycles. The minimum absolute atomic E-state index is 0.0333. The summed E-state index contributed by atoms with van der Waals surface area (Å²) in [6.07, 6.45) is 8.63. The van der Waals surface area contributed by atoms with E-state index in [1.54, 1.807) is 19.3 Å². The number of thiazole rings is 1. The zero-order chi connectivity index (χ0) is 25.4. The number of hydrogen-bond acceptors (Lipinski definition) is 8. The predicted octanol–water partition coefficient (Wildman–Crippen LogP) is 4.29. The van der Waals surface area contributed by atoms with Gasteiger partial charge < -0.3 is 15.0 Å². The van der Waals surface area contributed by atoms with Crippen LogP contribution in [0.25, 0.3) is 16.9 Å². The summed E-state index contributed by atoms with van der Waals surface area (Å²) < 4.78 is 2.82. The molecule has 1 unspecified atom stereocenters. The van der Waals surface area contributed by atoms with Gasteiger partial charge in [0.2, 0.25) is 0 Å². The summed E-state index contributed by atoms with van der Waals surface area (Å²) in [7, 11) is 0. The number of amides is 1. The molecule has 12 heteroatoms. The number of aromatic nitrogens is 7. The Labute approximate surface area is 217 Å². The summed E-state index contributed by atoms with van der Waals surface area (Å²) >= 11 is 7.15. The molecule has 1 aliphatic carbocycles. The molecule has 190 valence electrons. The fourth-order valence-corrected chi connectivity index (χ4v) is 5.59. The summed E-state index contributed by atoms with van der Waals surface area (Å²) in [6.45, 7) is 6.02. The normalized spacial score (nSPS) is 19.2. The van der Waals surface area contributed by atoms with E-state index in [1.165, 1.54) is 22.3 Å². The lowest BCUT2D eigenvalue weighted by atomic mass is 9.90. The molecule has 0 aromatic carbocycles. The molecule has 5 rings (SSSR count). The molecule has 1 saturated carbocycles. The van der Waals surface area contributed by atoms with Crippen molar-refractivity contribution in [2.24, 2.45) is 5.92 Å². The number of nitrogens with zero attached hydrogens (tertiary/aromatic N) is 7. The number of aliphatic hydroxyl groups excluding tert-OH is 1. The van der Waals surface area contributed by atoms with Gasteiger partial charge in [0.1, 0.15) is 21.4 Å². The molecule has 10 nitrogen and oxygen atoms in total. The molecular weight excluding hydrogens is 500 g/mol. The molecule has 1 amide bonds. The standard InChI is InChI=1S/C24H29ClN8O2S/c1-13(2)7-22-30-18-10-26-21(33-28-11-17(31-33)14(3)34)9-19(18)32(22)16-6-4-5-15(8-16)29-23(35)24-27-12-20(25)36-24/h9-16,34H,4-8H2,1-3H3,(H,29,35)/t14?,15-,16+/m0/s1.